The second-order valence-corrected chi connectivity index (χ2v) is 14.0. The zero-order valence-corrected chi connectivity index (χ0v) is 20.6. The van der Waals surface area contributed by atoms with E-state index in [4.69, 9.17) is 18.6 Å². The lowest BCUT2D eigenvalue weighted by atomic mass is 10.0. The second kappa shape index (κ2) is 8.81. The Morgan fingerprint density at radius 1 is 0.912 bits per heavy atom. The van der Waals surface area contributed by atoms with Crippen molar-refractivity contribution in [3.63, 3.8) is 0 Å². The minimum absolute atomic E-state index is 0.159. The van der Waals surface area contributed by atoms with E-state index in [1.807, 2.05) is 30.3 Å². The Morgan fingerprint density at radius 2 is 1.53 bits per heavy atom. The number of carbonyl (C=O) groups is 1. The van der Waals surface area contributed by atoms with Gasteiger partial charge < -0.3 is 24.0 Å². The Hall–Kier alpha value is -3.29. The summed E-state index contributed by atoms with van der Waals surface area (Å²) in [4.78, 5) is 12.3. The Balaban J connectivity index is 1.50. The number of cyclic esters (lactones) is 1. The quantitative estimate of drug-likeness (QED) is 0.543. The molecule has 176 valence electrons. The van der Waals surface area contributed by atoms with Crippen LogP contribution < -0.4 is 25.2 Å². The summed E-state index contributed by atoms with van der Waals surface area (Å²) in [5.41, 5.74) is 0.846. The molecule has 0 bridgehead atoms. The Bertz CT molecular complexity index is 1120. The number of benzene rings is 3. The van der Waals surface area contributed by atoms with Gasteiger partial charge in [-0.05, 0) is 33.1 Å². The van der Waals surface area contributed by atoms with Gasteiger partial charge in [-0.3, -0.25) is 0 Å². The molecular formula is C27H29NO5Si. The lowest BCUT2D eigenvalue weighted by Crippen LogP contribution is -2.67. The molecule has 34 heavy (non-hydrogen) atoms. The van der Waals surface area contributed by atoms with Crippen LogP contribution in [0.5, 0.6) is 11.5 Å². The van der Waals surface area contributed by atoms with Crippen LogP contribution in [0, 0.1) is 0 Å². The molecule has 0 aliphatic carbocycles. The van der Waals surface area contributed by atoms with Crippen molar-refractivity contribution in [3.8, 4) is 11.5 Å². The van der Waals surface area contributed by atoms with Crippen LogP contribution >= 0.6 is 0 Å². The van der Waals surface area contributed by atoms with Crippen LogP contribution in [-0.4, -0.2) is 33.9 Å². The molecule has 1 fully saturated rings. The molecule has 0 unspecified atom stereocenters. The average molecular weight is 476 g/mol. The van der Waals surface area contributed by atoms with Gasteiger partial charge in [0.15, 0.2) is 17.6 Å². The van der Waals surface area contributed by atoms with Crippen LogP contribution in [0.2, 0.25) is 5.04 Å². The van der Waals surface area contributed by atoms with Gasteiger partial charge in [-0.25, -0.2) is 4.79 Å². The first-order valence-electron chi connectivity index (χ1n) is 11.5. The first kappa shape index (κ1) is 22.5. The summed E-state index contributed by atoms with van der Waals surface area (Å²) < 4.78 is 23.7. The van der Waals surface area contributed by atoms with Crippen LogP contribution in [-0.2, 0) is 9.16 Å². The van der Waals surface area contributed by atoms with E-state index >= 15 is 0 Å². The fourth-order valence-electron chi connectivity index (χ4n) is 4.95. The second-order valence-electron chi connectivity index (χ2n) is 9.66. The van der Waals surface area contributed by atoms with Crippen LogP contribution in [0.15, 0.2) is 78.9 Å². The van der Waals surface area contributed by atoms with Gasteiger partial charge in [0.2, 0.25) is 6.79 Å². The third-order valence-electron chi connectivity index (χ3n) is 6.52. The summed E-state index contributed by atoms with van der Waals surface area (Å²) in [7, 11) is -2.74. The number of amides is 1. The zero-order chi connectivity index (χ0) is 23.8. The number of nitrogens with one attached hydrogen (secondary N) is 1. The molecule has 0 radical (unpaired) electrons. The zero-order valence-electron chi connectivity index (χ0n) is 19.6. The Labute approximate surface area is 200 Å². The predicted octanol–water partition coefficient (Wildman–Crippen LogP) is 4.14. The lowest BCUT2D eigenvalue weighted by Gasteiger charge is -2.43. The minimum atomic E-state index is -2.74. The average Bonchev–Trinajstić information content (AvgIpc) is 3.45. The van der Waals surface area contributed by atoms with E-state index in [0.29, 0.717) is 18.1 Å². The third-order valence-corrected chi connectivity index (χ3v) is 11.5. The molecule has 1 saturated heterocycles. The number of alkyl carbamates (subject to hydrolysis) is 1. The number of hydrogen-bond acceptors (Lipinski definition) is 5. The summed E-state index contributed by atoms with van der Waals surface area (Å²) in [5.74, 6) is 1.35. The van der Waals surface area contributed by atoms with E-state index in [0.717, 1.165) is 5.56 Å². The maximum atomic E-state index is 12.3. The van der Waals surface area contributed by atoms with Gasteiger partial charge in [-0.15, -0.1) is 0 Å². The largest absolute Gasteiger partial charge is 0.454 e. The molecule has 2 heterocycles. The number of ether oxygens (including phenoxy) is 3. The van der Waals surface area contributed by atoms with Gasteiger partial charge in [-0.1, -0.05) is 87.5 Å². The summed E-state index contributed by atoms with van der Waals surface area (Å²) in [6.45, 7) is 7.22. The number of rotatable bonds is 6. The fraction of sp³-hybridized carbons (Fsp3) is 0.296. The van der Waals surface area contributed by atoms with Crippen molar-refractivity contribution >= 4 is 24.8 Å². The van der Waals surface area contributed by atoms with Crippen molar-refractivity contribution in [2.45, 2.75) is 38.0 Å². The molecule has 6 nitrogen and oxygen atoms in total. The van der Waals surface area contributed by atoms with Gasteiger partial charge in [0.1, 0.15) is 0 Å². The molecule has 0 spiro atoms. The van der Waals surface area contributed by atoms with Gasteiger partial charge >= 0.3 is 6.09 Å². The molecule has 2 atom stereocenters. The van der Waals surface area contributed by atoms with Gasteiger partial charge in [0, 0.05) is 0 Å². The summed E-state index contributed by atoms with van der Waals surface area (Å²) >= 11 is 0. The van der Waals surface area contributed by atoms with Crippen molar-refractivity contribution < 1.29 is 23.4 Å². The molecule has 7 heteroatoms. The number of carbonyl (C=O) groups excluding carboxylic acids is 1. The maximum Gasteiger partial charge on any atom is 0.408 e. The predicted molar refractivity (Wildman–Crippen MR) is 132 cm³/mol. The van der Waals surface area contributed by atoms with Crippen LogP contribution in [0.4, 0.5) is 4.79 Å². The van der Waals surface area contributed by atoms with E-state index < -0.39 is 20.5 Å². The van der Waals surface area contributed by atoms with Gasteiger partial charge in [0.25, 0.3) is 8.32 Å². The third kappa shape index (κ3) is 3.95. The summed E-state index contributed by atoms with van der Waals surface area (Å²) in [6.07, 6.45) is -0.932. The molecule has 0 aromatic heterocycles. The summed E-state index contributed by atoms with van der Waals surface area (Å²) in [5, 5.41) is 5.19. The van der Waals surface area contributed by atoms with Crippen molar-refractivity contribution in [2.24, 2.45) is 0 Å². The molecular weight excluding hydrogens is 446 g/mol. The lowest BCUT2D eigenvalue weighted by molar-refractivity contribution is 0.120. The molecule has 5 rings (SSSR count). The SMILES string of the molecule is CC(C)(C)[Si](OC[C@H]1NC(=O)O[C@@H]1c1ccc2c(c1)OCO2)(c1ccccc1)c1ccccc1. The Morgan fingerprint density at radius 3 is 2.15 bits per heavy atom. The molecule has 2 aliphatic rings. The molecule has 2 aliphatic heterocycles. The highest BCUT2D eigenvalue weighted by atomic mass is 28.4. The van der Waals surface area contributed by atoms with E-state index in [1.54, 1.807) is 0 Å². The van der Waals surface area contributed by atoms with Crippen LogP contribution in [0.25, 0.3) is 0 Å². The normalized spacial score (nSPS) is 19.6. The summed E-state index contributed by atoms with van der Waals surface area (Å²) in [6, 6.07) is 26.2. The molecule has 3 aromatic carbocycles. The topological polar surface area (TPSA) is 66.0 Å². The standard InChI is InChI=1S/C27H29NO5Si/c1-27(2,3)34(20-10-6-4-7-11-20,21-12-8-5-9-13-21)32-17-22-25(33-26(29)28-22)19-14-15-23-24(16-19)31-18-30-23/h4-16,22,25H,17-18H2,1-3H3,(H,28,29)/t22-,25-/m1/s1. The van der Waals surface area contributed by atoms with Crippen molar-refractivity contribution in [1.29, 1.82) is 0 Å². The van der Waals surface area contributed by atoms with E-state index in [9.17, 15) is 4.79 Å². The van der Waals surface area contributed by atoms with Crippen LogP contribution in [0.3, 0.4) is 0 Å². The first-order valence-corrected chi connectivity index (χ1v) is 13.4. The monoisotopic (exact) mass is 475 g/mol. The molecule has 1 N–H and O–H groups in total. The molecule has 0 saturated carbocycles. The molecule has 3 aromatic rings. The maximum absolute atomic E-state index is 12.3. The van der Waals surface area contributed by atoms with Gasteiger partial charge in [0.05, 0.1) is 12.6 Å². The molecule has 1 amide bonds. The smallest absolute Gasteiger partial charge is 0.408 e. The Kier molecular flexibility index (Phi) is 5.83. The minimum Gasteiger partial charge on any atom is -0.454 e. The van der Waals surface area contributed by atoms with Crippen molar-refractivity contribution in [3.05, 3.63) is 84.4 Å². The first-order chi connectivity index (χ1) is 16.4. The van der Waals surface area contributed by atoms with Crippen molar-refractivity contribution in [2.75, 3.05) is 13.4 Å². The van der Waals surface area contributed by atoms with E-state index in [-0.39, 0.29) is 17.9 Å². The highest BCUT2D eigenvalue weighted by molar-refractivity contribution is 6.99. The van der Waals surface area contributed by atoms with Crippen molar-refractivity contribution in [1.82, 2.24) is 5.32 Å². The van der Waals surface area contributed by atoms with Gasteiger partial charge in [-0.2, -0.15) is 0 Å². The van der Waals surface area contributed by atoms with Crippen LogP contribution in [0.1, 0.15) is 32.4 Å². The highest BCUT2D eigenvalue weighted by Gasteiger charge is 2.51. The number of fused-ring (bicyclic) bond motifs is 1. The fourth-order valence-corrected chi connectivity index (χ4v) is 9.54. The van der Waals surface area contributed by atoms with E-state index in [2.05, 4.69) is 74.6 Å². The van der Waals surface area contributed by atoms with E-state index in [1.165, 1.54) is 10.4 Å². The highest BCUT2D eigenvalue weighted by Crippen LogP contribution is 2.39. The number of hydrogen-bond donors (Lipinski definition) is 1.